The minimum atomic E-state index is 0.381. The monoisotopic (exact) mass is 284 g/mol. The number of halogens is 1. The van der Waals surface area contributed by atoms with Crippen molar-refractivity contribution in [2.75, 3.05) is 19.0 Å². The first-order valence-electron chi connectivity index (χ1n) is 5.65. The van der Waals surface area contributed by atoms with Crippen molar-refractivity contribution in [1.82, 2.24) is 0 Å². The Morgan fingerprint density at radius 1 is 1.38 bits per heavy atom. The Morgan fingerprint density at radius 3 is 2.81 bits per heavy atom. The number of hydrogen-bond acceptors (Lipinski definition) is 2. The molecule has 3 heteroatoms. The third-order valence-corrected chi connectivity index (χ3v) is 3.84. The highest BCUT2D eigenvalue weighted by atomic mass is 79.9. The van der Waals surface area contributed by atoms with E-state index in [9.17, 15) is 0 Å². The van der Waals surface area contributed by atoms with Gasteiger partial charge in [0.05, 0.1) is 19.8 Å². The quantitative estimate of drug-likeness (QED) is 0.793. The number of para-hydroxylation sites is 1. The minimum absolute atomic E-state index is 0.381. The molecule has 2 atom stereocenters. The number of alkyl halides is 1. The summed E-state index contributed by atoms with van der Waals surface area (Å²) in [4.78, 5) is 0. The maximum atomic E-state index is 5.79. The zero-order valence-electron chi connectivity index (χ0n) is 9.49. The lowest BCUT2D eigenvalue weighted by Gasteiger charge is -2.29. The van der Waals surface area contributed by atoms with Crippen LogP contribution in [0.2, 0.25) is 0 Å². The van der Waals surface area contributed by atoms with Gasteiger partial charge in [-0.1, -0.05) is 34.1 Å². The molecule has 0 aliphatic carbocycles. The molecule has 1 aliphatic heterocycles. The third kappa shape index (κ3) is 2.58. The van der Waals surface area contributed by atoms with Gasteiger partial charge in [-0.2, -0.15) is 0 Å². The van der Waals surface area contributed by atoms with E-state index in [4.69, 9.17) is 9.47 Å². The molecule has 2 rings (SSSR count). The fraction of sp³-hybridized carbons (Fsp3) is 0.538. The minimum Gasteiger partial charge on any atom is -0.496 e. The van der Waals surface area contributed by atoms with Crippen LogP contribution in [0.25, 0.3) is 0 Å². The third-order valence-electron chi connectivity index (χ3n) is 3.12. The lowest BCUT2D eigenvalue weighted by Crippen LogP contribution is -2.25. The van der Waals surface area contributed by atoms with Crippen molar-refractivity contribution in [3.05, 3.63) is 29.8 Å². The van der Waals surface area contributed by atoms with Gasteiger partial charge in [0.15, 0.2) is 0 Å². The lowest BCUT2D eigenvalue weighted by atomic mass is 9.91. The van der Waals surface area contributed by atoms with E-state index in [2.05, 4.69) is 28.1 Å². The average molecular weight is 285 g/mol. The van der Waals surface area contributed by atoms with Crippen LogP contribution >= 0.6 is 15.9 Å². The first-order valence-corrected chi connectivity index (χ1v) is 6.77. The molecule has 0 amide bonds. The second-order valence-electron chi connectivity index (χ2n) is 4.13. The Hall–Kier alpha value is -0.540. The summed E-state index contributed by atoms with van der Waals surface area (Å²) in [5.74, 6) is 1.46. The molecule has 1 aromatic carbocycles. The zero-order valence-corrected chi connectivity index (χ0v) is 11.1. The normalized spacial score (nSPS) is 25.4. The highest BCUT2D eigenvalue weighted by Gasteiger charge is 2.24. The first kappa shape index (κ1) is 11.9. The number of hydrogen-bond donors (Lipinski definition) is 0. The molecule has 0 radical (unpaired) electrons. The van der Waals surface area contributed by atoms with E-state index >= 15 is 0 Å². The van der Waals surface area contributed by atoms with E-state index in [0.29, 0.717) is 12.0 Å². The van der Waals surface area contributed by atoms with Crippen LogP contribution in [0.1, 0.15) is 24.3 Å². The second kappa shape index (κ2) is 5.69. The van der Waals surface area contributed by atoms with Crippen LogP contribution in [0.3, 0.4) is 0 Å². The molecule has 1 aromatic rings. The van der Waals surface area contributed by atoms with Crippen LogP contribution in [0.5, 0.6) is 5.75 Å². The van der Waals surface area contributed by atoms with Crippen LogP contribution in [0, 0.1) is 0 Å². The number of methoxy groups -OCH3 is 1. The van der Waals surface area contributed by atoms with Gasteiger partial charge in [0.25, 0.3) is 0 Å². The molecule has 1 saturated heterocycles. The highest BCUT2D eigenvalue weighted by Crippen LogP contribution is 2.33. The molecule has 88 valence electrons. The molecule has 0 N–H and O–H groups in total. The SMILES string of the molecule is COc1ccccc1[C@H]1CC[C@@H](CBr)OC1. The number of rotatable bonds is 3. The summed E-state index contributed by atoms with van der Waals surface area (Å²) in [5, 5.41) is 0.936. The van der Waals surface area contributed by atoms with Gasteiger partial charge in [-0.3, -0.25) is 0 Å². The van der Waals surface area contributed by atoms with Gasteiger partial charge in [-0.15, -0.1) is 0 Å². The molecule has 2 nitrogen and oxygen atoms in total. The van der Waals surface area contributed by atoms with Crippen molar-refractivity contribution >= 4 is 15.9 Å². The van der Waals surface area contributed by atoms with Crippen LogP contribution < -0.4 is 4.74 Å². The van der Waals surface area contributed by atoms with E-state index in [0.717, 1.165) is 24.1 Å². The first-order chi connectivity index (χ1) is 7.85. The standard InChI is InChI=1S/C13H17BrO2/c1-15-13-5-3-2-4-12(13)10-6-7-11(8-14)16-9-10/h2-5,10-11H,6-9H2,1H3/t10-,11-/m0/s1. The summed E-state index contributed by atoms with van der Waals surface area (Å²) in [5.41, 5.74) is 1.28. The molecule has 0 saturated carbocycles. The van der Waals surface area contributed by atoms with Gasteiger partial charge >= 0.3 is 0 Å². The van der Waals surface area contributed by atoms with Crippen molar-refractivity contribution in [2.45, 2.75) is 24.9 Å². The average Bonchev–Trinajstić information content (AvgIpc) is 2.39. The van der Waals surface area contributed by atoms with Gasteiger partial charge in [-0.05, 0) is 24.5 Å². The Balaban J connectivity index is 2.07. The Labute approximate surface area is 105 Å². The van der Waals surface area contributed by atoms with E-state index in [1.54, 1.807) is 7.11 Å². The highest BCUT2D eigenvalue weighted by molar-refractivity contribution is 9.09. The van der Waals surface area contributed by atoms with Crippen molar-refractivity contribution in [3.8, 4) is 5.75 Å². The molecule has 1 fully saturated rings. The van der Waals surface area contributed by atoms with Gasteiger partial charge in [0, 0.05) is 11.2 Å². The van der Waals surface area contributed by atoms with Crippen LogP contribution in [0.4, 0.5) is 0 Å². The lowest BCUT2D eigenvalue weighted by molar-refractivity contribution is 0.0186. The molecule has 0 aromatic heterocycles. The molecule has 0 unspecified atom stereocenters. The van der Waals surface area contributed by atoms with Gasteiger partial charge < -0.3 is 9.47 Å². The maximum absolute atomic E-state index is 5.79. The predicted octanol–water partition coefficient (Wildman–Crippen LogP) is 3.35. The smallest absolute Gasteiger partial charge is 0.122 e. The van der Waals surface area contributed by atoms with Crippen LogP contribution in [-0.2, 0) is 4.74 Å². The zero-order chi connectivity index (χ0) is 11.4. The molecule has 0 spiro atoms. The molecular formula is C13H17BrO2. The van der Waals surface area contributed by atoms with Crippen LogP contribution in [0.15, 0.2) is 24.3 Å². The van der Waals surface area contributed by atoms with Gasteiger partial charge in [0.2, 0.25) is 0 Å². The molecule has 16 heavy (non-hydrogen) atoms. The summed E-state index contributed by atoms with van der Waals surface area (Å²) < 4.78 is 11.2. The summed E-state index contributed by atoms with van der Waals surface area (Å²) in [7, 11) is 1.73. The Bertz CT molecular complexity index is 332. The van der Waals surface area contributed by atoms with Gasteiger partial charge in [0.1, 0.15) is 5.75 Å². The topological polar surface area (TPSA) is 18.5 Å². The van der Waals surface area contributed by atoms with E-state index in [1.165, 1.54) is 12.0 Å². The summed E-state index contributed by atoms with van der Waals surface area (Å²) in [6, 6.07) is 8.23. The fourth-order valence-corrected chi connectivity index (χ4v) is 2.69. The van der Waals surface area contributed by atoms with Crippen molar-refractivity contribution in [3.63, 3.8) is 0 Å². The number of ether oxygens (including phenoxy) is 2. The van der Waals surface area contributed by atoms with E-state index < -0.39 is 0 Å². The summed E-state index contributed by atoms with van der Waals surface area (Å²) >= 11 is 3.47. The molecular weight excluding hydrogens is 268 g/mol. The Morgan fingerprint density at radius 2 is 2.19 bits per heavy atom. The van der Waals surface area contributed by atoms with Crippen molar-refractivity contribution < 1.29 is 9.47 Å². The number of benzene rings is 1. The summed E-state index contributed by atoms with van der Waals surface area (Å²) in [6.45, 7) is 0.802. The van der Waals surface area contributed by atoms with Crippen molar-refractivity contribution in [1.29, 1.82) is 0 Å². The fourth-order valence-electron chi connectivity index (χ4n) is 2.18. The van der Waals surface area contributed by atoms with Crippen molar-refractivity contribution in [2.24, 2.45) is 0 Å². The molecule has 1 heterocycles. The molecule has 0 bridgehead atoms. The van der Waals surface area contributed by atoms with E-state index in [1.807, 2.05) is 12.1 Å². The second-order valence-corrected chi connectivity index (χ2v) is 4.77. The molecule has 1 aliphatic rings. The summed E-state index contributed by atoms with van der Waals surface area (Å²) in [6.07, 6.45) is 2.68. The van der Waals surface area contributed by atoms with Crippen LogP contribution in [-0.4, -0.2) is 25.2 Å². The maximum Gasteiger partial charge on any atom is 0.122 e. The van der Waals surface area contributed by atoms with E-state index in [-0.39, 0.29) is 0 Å². The predicted molar refractivity (Wildman–Crippen MR) is 68.5 cm³/mol. The largest absolute Gasteiger partial charge is 0.496 e. The van der Waals surface area contributed by atoms with Gasteiger partial charge in [-0.25, -0.2) is 0 Å². The Kier molecular flexibility index (Phi) is 4.24.